The second-order valence-electron chi connectivity index (χ2n) is 6.74. The molecule has 3 atom stereocenters. The van der Waals surface area contributed by atoms with Crippen molar-refractivity contribution in [2.75, 3.05) is 21.3 Å². The van der Waals surface area contributed by atoms with E-state index in [1.807, 2.05) is 44.2 Å². The highest BCUT2D eigenvalue weighted by Gasteiger charge is 2.52. The normalized spacial score (nSPS) is 26.3. The maximum atomic E-state index is 12.8. The third-order valence-corrected chi connectivity index (χ3v) is 5.25. The predicted molar refractivity (Wildman–Crippen MR) is 96.5 cm³/mol. The van der Waals surface area contributed by atoms with Gasteiger partial charge in [0, 0.05) is 11.6 Å². The van der Waals surface area contributed by atoms with Crippen molar-refractivity contribution in [3.8, 4) is 5.75 Å². The maximum Gasteiger partial charge on any atom is 0.336 e. The van der Waals surface area contributed by atoms with Gasteiger partial charge in [0.25, 0.3) is 0 Å². The van der Waals surface area contributed by atoms with Crippen LogP contribution in [0.25, 0.3) is 6.08 Å². The zero-order valence-electron chi connectivity index (χ0n) is 15.6. The van der Waals surface area contributed by atoms with Crippen LogP contribution >= 0.6 is 0 Å². The zero-order valence-corrected chi connectivity index (χ0v) is 15.6. The van der Waals surface area contributed by atoms with Crippen LogP contribution in [0.3, 0.4) is 0 Å². The Bertz CT molecular complexity index is 825. The molecule has 0 aromatic heterocycles. The Morgan fingerprint density at radius 3 is 2.50 bits per heavy atom. The predicted octanol–water partition coefficient (Wildman–Crippen LogP) is 2.40. The number of benzene rings is 1. The fraction of sp³-hybridized carbons (Fsp3) is 0.400. The highest BCUT2D eigenvalue weighted by molar-refractivity contribution is 5.94. The number of nitrogens with one attached hydrogen (secondary N) is 1. The van der Waals surface area contributed by atoms with E-state index in [9.17, 15) is 9.59 Å². The highest BCUT2D eigenvalue weighted by atomic mass is 16.5. The lowest BCUT2D eigenvalue weighted by atomic mass is 9.68. The number of hydrogen-bond acceptors (Lipinski definition) is 6. The lowest BCUT2D eigenvalue weighted by Crippen LogP contribution is -2.56. The van der Waals surface area contributed by atoms with E-state index >= 15 is 0 Å². The van der Waals surface area contributed by atoms with Crippen molar-refractivity contribution in [1.29, 1.82) is 0 Å². The number of allylic oxidation sites excluding steroid dienone is 1. The number of rotatable bonds is 3. The van der Waals surface area contributed by atoms with Gasteiger partial charge in [0.15, 0.2) is 0 Å². The van der Waals surface area contributed by atoms with E-state index in [4.69, 9.17) is 14.2 Å². The van der Waals surface area contributed by atoms with Crippen LogP contribution in [-0.4, -0.2) is 38.8 Å². The van der Waals surface area contributed by atoms with Crippen LogP contribution in [0.15, 0.2) is 35.5 Å². The molecule has 1 aromatic carbocycles. The van der Waals surface area contributed by atoms with Crippen LogP contribution in [0.5, 0.6) is 5.75 Å². The van der Waals surface area contributed by atoms with Gasteiger partial charge in [-0.05, 0) is 37.1 Å². The SMILES string of the molecule is COC(=O)C1=C(C)NC2(C)C=Cc3ccc(OC)cc3C1C2C(=O)OC. The summed E-state index contributed by atoms with van der Waals surface area (Å²) in [6.07, 6.45) is 3.92. The minimum Gasteiger partial charge on any atom is -0.497 e. The number of fused-ring (bicyclic) bond motifs is 4. The monoisotopic (exact) mass is 357 g/mol. The van der Waals surface area contributed by atoms with Crippen LogP contribution in [-0.2, 0) is 19.1 Å². The van der Waals surface area contributed by atoms with Gasteiger partial charge in [-0.15, -0.1) is 0 Å². The van der Waals surface area contributed by atoms with Crippen molar-refractivity contribution in [3.05, 3.63) is 46.7 Å². The smallest absolute Gasteiger partial charge is 0.336 e. The van der Waals surface area contributed by atoms with Gasteiger partial charge in [0.1, 0.15) is 5.75 Å². The van der Waals surface area contributed by atoms with Gasteiger partial charge in [-0.3, -0.25) is 4.79 Å². The van der Waals surface area contributed by atoms with E-state index in [0.29, 0.717) is 17.0 Å². The molecule has 0 saturated carbocycles. The molecular weight excluding hydrogens is 334 g/mol. The molecule has 3 rings (SSSR count). The lowest BCUT2D eigenvalue weighted by molar-refractivity contribution is -0.148. The van der Waals surface area contributed by atoms with E-state index < -0.39 is 23.3 Å². The Kier molecular flexibility index (Phi) is 4.52. The highest BCUT2D eigenvalue weighted by Crippen LogP contribution is 2.48. The van der Waals surface area contributed by atoms with Gasteiger partial charge < -0.3 is 19.5 Å². The number of ether oxygens (including phenoxy) is 3. The Morgan fingerprint density at radius 1 is 1.15 bits per heavy atom. The van der Waals surface area contributed by atoms with E-state index in [1.165, 1.54) is 14.2 Å². The molecule has 3 unspecified atom stereocenters. The second-order valence-corrected chi connectivity index (χ2v) is 6.74. The minimum absolute atomic E-state index is 0.390. The molecule has 1 aliphatic heterocycles. The van der Waals surface area contributed by atoms with Crippen molar-refractivity contribution in [1.82, 2.24) is 5.32 Å². The Morgan fingerprint density at radius 2 is 1.88 bits per heavy atom. The summed E-state index contributed by atoms with van der Waals surface area (Å²) in [5.74, 6) is -1.34. The van der Waals surface area contributed by atoms with Crippen LogP contribution in [0, 0.1) is 5.92 Å². The summed E-state index contributed by atoms with van der Waals surface area (Å²) in [6.45, 7) is 3.75. The minimum atomic E-state index is -0.703. The second kappa shape index (κ2) is 6.52. The van der Waals surface area contributed by atoms with Crippen LogP contribution in [0.4, 0.5) is 0 Å². The number of esters is 2. The molecule has 6 nitrogen and oxygen atoms in total. The van der Waals surface area contributed by atoms with Gasteiger partial charge in [0.2, 0.25) is 0 Å². The van der Waals surface area contributed by atoms with Crippen molar-refractivity contribution < 1.29 is 23.8 Å². The standard InChI is InChI=1S/C20H23NO5/c1-11-15(18(22)25-4)16-14-10-13(24-3)7-6-12(14)8-9-20(2,21-11)17(16)19(23)26-5/h6-10,16-17,21H,1-5H3. The molecule has 0 saturated heterocycles. The maximum absolute atomic E-state index is 12.8. The van der Waals surface area contributed by atoms with Gasteiger partial charge in [-0.1, -0.05) is 18.2 Å². The summed E-state index contributed by atoms with van der Waals surface area (Å²) in [5.41, 5.74) is 2.17. The van der Waals surface area contributed by atoms with Crippen LogP contribution < -0.4 is 10.1 Å². The first-order valence-corrected chi connectivity index (χ1v) is 8.38. The van der Waals surface area contributed by atoms with Gasteiger partial charge >= 0.3 is 11.9 Å². The number of carbonyl (C=O) groups excluding carboxylic acids is 2. The Labute approximate surface area is 152 Å². The molecule has 2 aliphatic rings. The zero-order chi connectivity index (χ0) is 19.1. The molecule has 1 N–H and O–H groups in total. The summed E-state index contributed by atoms with van der Waals surface area (Å²) in [5, 5.41) is 3.32. The summed E-state index contributed by atoms with van der Waals surface area (Å²) >= 11 is 0. The fourth-order valence-corrected chi connectivity index (χ4v) is 4.04. The summed E-state index contributed by atoms with van der Waals surface area (Å²) < 4.78 is 15.5. The van der Waals surface area contributed by atoms with Crippen molar-refractivity contribution in [2.45, 2.75) is 25.3 Å². The third-order valence-electron chi connectivity index (χ3n) is 5.25. The number of methoxy groups -OCH3 is 3. The fourth-order valence-electron chi connectivity index (χ4n) is 4.04. The summed E-state index contributed by atoms with van der Waals surface area (Å²) in [7, 11) is 4.28. The van der Waals surface area contributed by atoms with E-state index in [0.717, 1.165) is 11.1 Å². The topological polar surface area (TPSA) is 73.9 Å². The third kappa shape index (κ3) is 2.66. The molecule has 0 fully saturated rings. The summed E-state index contributed by atoms with van der Waals surface area (Å²) in [6, 6.07) is 5.65. The van der Waals surface area contributed by atoms with Crippen LogP contribution in [0.1, 0.15) is 30.9 Å². The summed E-state index contributed by atoms with van der Waals surface area (Å²) in [4.78, 5) is 25.4. The molecule has 2 bridgehead atoms. The van der Waals surface area contributed by atoms with E-state index in [-0.39, 0.29) is 5.97 Å². The molecule has 0 spiro atoms. The molecular formula is C20H23NO5. The molecule has 26 heavy (non-hydrogen) atoms. The molecule has 0 radical (unpaired) electrons. The largest absolute Gasteiger partial charge is 0.497 e. The molecule has 1 heterocycles. The van der Waals surface area contributed by atoms with E-state index in [1.54, 1.807) is 7.11 Å². The first-order chi connectivity index (χ1) is 12.4. The molecule has 1 aliphatic carbocycles. The average molecular weight is 357 g/mol. The number of hydrogen-bond donors (Lipinski definition) is 1. The van der Waals surface area contributed by atoms with Crippen molar-refractivity contribution >= 4 is 18.0 Å². The van der Waals surface area contributed by atoms with Gasteiger partial charge in [-0.2, -0.15) is 0 Å². The van der Waals surface area contributed by atoms with Crippen molar-refractivity contribution in [3.63, 3.8) is 0 Å². The Hall–Kier alpha value is -2.76. The quantitative estimate of drug-likeness (QED) is 0.838. The average Bonchev–Trinajstić information content (AvgIpc) is 2.72. The van der Waals surface area contributed by atoms with Crippen LogP contribution in [0.2, 0.25) is 0 Å². The van der Waals surface area contributed by atoms with E-state index in [2.05, 4.69) is 5.32 Å². The van der Waals surface area contributed by atoms with Gasteiger partial charge in [0.05, 0.1) is 38.4 Å². The molecule has 1 aromatic rings. The molecule has 0 amide bonds. The number of carbonyl (C=O) groups is 2. The first kappa shape index (κ1) is 18.0. The van der Waals surface area contributed by atoms with Gasteiger partial charge in [-0.25, -0.2) is 4.79 Å². The first-order valence-electron chi connectivity index (χ1n) is 8.38. The lowest BCUT2D eigenvalue weighted by Gasteiger charge is -2.44. The molecule has 6 heteroatoms. The van der Waals surface area contributed by atoms with Crippen molar-refractivity contribution in [2.24, 2.45) is 5.92 Å². The molecule has 138 valence electrons. The Balaban J connectivity index is 2.34.